The molecule has 1 saturated heterocycles. The Hall–Kier alpha value is -2.11. The van der Waals surface area contributed by atoms with Crippen molar-refractivity contribution < 1.29 is 19.1 Å². The van der Waals surface area contributed by atoms with Crippen LogP contribution in [0, 0.1) is 0 Å². The van der Waals surface area contributed by atoms with Crippen LogP contribution in [0.5, 0.6) is 0 Å². The summed E-state index contributed by atoms with van der Waals surface area (Å²) in [4.78, 5) is 36.1. The highest BCUT2D eigenvalue weighted by Gasteiger charge is 2.21. The van der Waals surface area contributed by atoms with Gasteiger partial charge in [0.1, 0.15) is 5.00 Å². The third kappa shape index (κ3) is 4.99. The number of esters is 1. The van der Waals surface area contributed by atoms with Crippen LogP contribution in [-0.4, -0.2) is 51.7 Å². The fourth-order valence-electron chi connectivity index (χ4n) is 2.63. The van der Waals surface area contributed by atoms with Gasteiger partial charge in [0.05, 0.1) is 30.6 Å². The monoisotopic (exact) mass is 412 g/mol. The van der Waals surface area contributed by atoms with Crippen molar-refractivity contribution in [1.82, 2.24) is 14.8 Å². The summed E-state index contributed by atoms with van der Waals surface area (Å²) in [7, 11) is 0. The number of amides is 1. The Morgan fingerprint density at radius 3 is 3.15 bits per heavy atom. The molecule has 146 valence electrons. The third-order valence-electron chi connectivity index (χ3n) is 3.88. The van der Waals surface area contributed by atoms with E-state index in [-0.39, 0.29) is 30.1 Å². The summed E-state index contributed by atoms with van der Waals surface area (Å²) in [5, 5.41) is 11.7. The summed E-state index contributed by atoms with van der Waals surface area (Å²) in [6.07, 6.45) is 1.87. The van der Waals surface area contributed by atoms with Gasteiger partial charge in [0.15, 0.2) is 5.16 Å². The molecule has 1 atom stereocenters. The lowest BCUT2D eigenvalue weighted by molar-refractivity contribution is -0.113. The molecule has 3 heterocycles. The Morgan fingerprint density at radius 1 is 1.56 bits per heavy atom. The third-order valence-corrected chi connectivity index (χ3v) is 5.69. The summed E-state index contributed by atoms with van der Waals surface area (Å²) < 4.78 is 12.0. The van der Waals surface area contributed by atoms with Gasteiger partial charge in [-0.2, -0.15) is 0 Å². The van der Waals surface area contributed by atoms with Crippen LogP contribution < -0.4 is 11.0 Å². The van der Waals surface area contributed by atoms with Gasteiger partial charge >= 0.3 is 11.7 Å². The molecule has 1 unspecified atom stereocenters. The Morgan fingerprint density at radius 2 is 2.41 bits per heavy atom. The maximum absolute atomic E-state index is 12.3. The molecular weight excluding hydrogens is 392 g/mol. The van der Waals surface area contributed by atoms with Crippen LogP contribution in [0.3, 0.4) is 0 Å². The summed E-state index contributed by atoms with van der Waals surface area (Å²) in [6, 6.07) is 1.61. The fraction of sp³-hybridized carbons (Fsp3) is 0.500. The Balaban J connectivity index is 1.58. The zero-order valence-electron chi connectivity index (χ0n) is 14.7. The molecule has 11 heteroatoms. The molecule has 1 amide bonds. The largest absolute Gasteiger partial charge is 0.462 e. The summed E-state index contributed by atoms with van der Waals surface area (Å²) in [5.74, 6) is -0.720. The van der Waals surface area contributed by atoms with Crippen LogP contribution in [0.4, 0.5) is 5.00 Å². The molecule has 0 aliphatic carbocycles. The summed E-state index contributed by atoms with van der Waals surface area (Å²) in [6.45, 7) is 3.10. The van der Waals surface area contributed by atoms with Gasteiger partial charge in [-0.25, -0.2) is 14.7 Å². The molecule has 1 aliphatic heterocycles. The molecule has 1 aliphatic rings. The number of carbonyl (C=O) groups excluding carboxylic acids is 2. The van der Waals surface area contributed by atoms with E-state index >= 15 is 0 Å². The van der Waals surface area contributed by atoms with E-state index in [4.69, 9.17) is 9.47 Å². The number of rotatable bonds is 8. The number of hydrogen-bond acceptors (Lipinski definition) is 8. The van der Waals surface area contributed by atoms with Crippen molar-refractivity contribution in [3.8, 4) is 0 Å². The van der Waals surface area contributed by atoms with Gasteiger partial charge in [-0.05, 0) is 31.2 Å². The van der Waals surface area contributed by atoms with E-state index in [9.17, 15) is 14.4 Å². The molecule has 3 rings (SSSR count). The Bertz CT molecular complexity index is 853. The van der Waals surface area contributed by atoms with Crippen molar-refractivity contribution in [1.29, 1.82) is 0 Å². The van der Waals surface area contributed by atoms with E-state index in [0.717, 1.165) is 24.6 Å². The number of hydrogen-bond donors (Lipinski definition) is 2. The summed E-state index contributed by atoms with van der Waals surface area (Å²) >= 11 is 2.39. The quantitative estimate of drug-likeness (QED) is 0.501. The number of carbonyl (C=O) groups is 2. The normalized spacial score (nSPS) is 16.4. The van der Waals surface area contributed by atoms with Crippen molar-refractivity contribution in [3.05, 3.63) is 27.5 Å². The molecule has 1 fully saturated rings. The molecule has 2 aromatic rings. The van der Waals surface area contributed by atoms with Crippen molar-refractivity contribution in [3.63, 3.8) is 0 Å². The highest BCUT2D eigenvalue weighted by molar-refractivity contribution is 7.99. The second-order valence-corrected chi connectivity index (χ2v) is 7.64. The number of H-pyrrole nitrogens is 1. The van der Waals surface area contributed by atoms with Crippen LogP contribution in [0.25, 0.3) is 0 Å². The Labute approximate surface area is 163 Å². The minimum Gasteiger partial charge on any atom is -0.462 e. The molecule has 0 spiro atoms. The SMILES string of the molecule is CCOC(=O)c1ccsc1NC(=O)CSc1n[nH]c(=O)n1CC1CCCO1. The average molecular weight is 412 g/mol. The number of nitrogens with one attached hydrogen (secondary N) is 2. The van der Waals surface area contributed by atoms with E-state index < -0.39 is 5.97 Å². The number of aromatic amines is 1. The number of anilines is 1. The van der Waals surface area contributed by atoms with Crippen LogP contribution in [-0.2, 0) is 20.8 Å². The minimum absolute atomic E-state index is 0.00766. The number of ether oxygens (including phenoxy) is 2. The molecule has 0 saturated carbocycles. The number of nitrogens with zero attached hydrogens (tertiary/aromatic N) is 2. The predicted molar refractivity (Wildman–Crippen MR) is 101 cm³/mol. The molecule has 0 radical (unpaired) electrons. The van der Waals surface area contributed by atoms with Crippen molar-refractivity contribution in [2.75, 3.05) is 24.3 Å². The number of thioether (sulfide) groups is 1. The molecular formula is C16H20N4O5S2. The smallest absolute Gasteiger partial charge is 0.344 e. The van der Waals surface area contributed by atoms with Gasteiger partial charge < -0.3 is 14.8 Å². The first-order valence-corrected chi connectivity index (χ1v) is 10.4. The number of thiophene rings is 1. The molecule has 0 aromatic carbocycles. The van der Waals surface area contributed by atoms with Gasteiger partial charge in [0.2, 0.25) is 5.91 Å². The van der Waals surface area contributed by atoms with Crippen LogP contribution in [0.15, 0.2) is 21.4 Å². The van der Waals surface area contributed by atoms with Gasteiger partial charge in [-0.15, -0.1) is 16.4 Å². The van der Waals surface area contributed by atoms with Gasteiger partial charge in [0.25, 0.3) is 0 Å². The van der Waals surface area contributed by atoms with E-state index in [1.165, 1.54) is 15.9 Å². The lowest BCUT2D eigenvalue weighted by Crippen LogP contribution is -2.25. The molecule has 9 nitrogen and oxygen atoms in total. The van der Waals surface area contributed by atoms with Gasteiger partial charge in [0, 0.05) is 6.61 Å². The first-order valence-electron chi connectivity index (χ1n) is 8.52. The Kier molecular flexibility index (Phi) is 6.69. The highest BCUT2D eigenvalue weighted by atomic mass is 32.2. The van der Waals surface area contributed by atoms with E-state index in [0.29, 0.717) is 28.9 Å². The first kappa shape index (κ1) is 19.6. The van der Waals surface area contributed by atoms with Crippen LogP contribution in [0.2, 0.25) is 0 Å². The zero-order chi connectivity index (χ0) is 19.2. The maximum Gasteiger partial charge on any atom is 0.344 e. The zero-order valence-corrected chi connectivity index (χ0v) is 16.4. The first-order chi connectivity index (χ1) is 13.1. The molecule has 2 N–H and O–H groups in total. The molecule has 0 bridgehead atoms. The standard InChI is InChI=1S/C16H20N4O5S2/c1-2-24-14(22)11-5-7-26-13(11)17-12(21)9-27-16-19-18-15(23)20(16)8-10-4-3-6-25-10/h5,7,10H,2-4,6,8-9H2,1H3,(H,17,21)(H,18,23). The highest BCUT2D eigenvalue weighted by Crippen LogP contribution is 2.25. The average Bonchev–Trinajstić information content (AvgIpc) is 3.37. The van der Waals surface area contributed by atoms with E-state index in [1.807, 2.05) is 0 Å². The van der Waals surface area contributed by atoms with E-state index in [2.05, 4.69) is 15.5 Å². The lowest BCUT2D eigenvalue weighted by Gasteiger charge is -2.11. The van der Waals surface area contributed by atoms with E-state index in [1.54, 1.807) is 18.4 Å². The molecule has 2 aromatic heterocycles. The van der Waals surface area contributed by atoms with Crippen LogP contribution in [0.1, 0.15) is 30.1 Å². The topological polar surface area (TPSA) is 115 Å². The minimum atomic E-state index is -0.473. The van der Waals surface area contributed by atoms with Gasteiger partial charge in [-0.3, -0.25) is 9.36 Å². The summed E-state index contributed by atoms with van der Waals surface area (Å²) in [5.41, 5.74) is 0.00604. The van der Waals surface area contributed by atoms with Gasteiger partial charge in [-0.1, -0.05) is 11.8 Å². The van der Waals surface area contributed by atoms with Crippen LogP contribution >= 0.6 is 23.1 Å². The van der Waals surface area contributed by atoms with Crippen molar-refractivity contribution in [2.24, 2.45) is 0 Å². The van der Waals surface area contributed by atoms with Crippen molar-refractivity contribution in [2.45, 2.75) is 37.6 Å². The molecule has 27 heavy (non-hydrogen) atoms. The maximum atomic E-state index is 12.3. The predicted octanol–water partition coefficient (Wildman–Crippen LogP) is 1.72. The second-order valence-electron chi connectivity index (χ2n) is 5.78. The fourth-order valence-corrected chi connectivity index (χ4v) is 4.18. The second kappa shape index (κ2) is 9.20. The number of aromatic nitrogens is 3. The van der Waals surface area contributed by atoms with Crippen molar-refractivity contribution >= 4 is 40.0 Å². The lowest BCUT2D eigenvalue weighted by atomic mass is 10.2.